The summed E-state index contributed by atoms with van der Waals surface area (Å²) in [6.07, 6.45) is 3.59. The van der Waals surface area contributed by atoms with Crippen LogP contribution in [0.15, 0.2) is 82.7 Å². The predicted octanol–water partition coefficient (Wildman–Crippen LogP) is 4.19. The Bertz CT molecular complexity index is 1800. The van der Waals surface area contributed by atoms with Gasteiger partial charge in [0.2, 0.25) is 0 Å². The molecule has 0 aliphatic rings. The SMILES string of the molecule is Cc1cc(C)c(S(=O)(=O)[O-])c(C)c1.Cc1ccc(Nc2nn3cc[n+](C)c3c(=O)n2-c2ccc(C)cc2)cc1. The summed E-state index contributed by atoms with van der Waals surface area (Å²) in [7, 11) is -2.49. The van der Waals surface area contributed by atoms with Crippen molar-refractivity contribution in [2.75, 3.05) is 5.32 Å². The van der Waals surface area contributed by atoms with Crippen molar-refractivity contribution >= 4 is 27.4 Å². The van der Waals surface area contributed by atoms with E-state index in [2.05, 4.69) is 10.4 Å². The van der Waals surface area contributed by atoms with E-state index in [1.165, 1.54) is 5.56 Å². The van der Waals surface area contributed by atoms with Crippen LogP contribution in [0.5, 0.6) is 0 Å². The Morgan fingerprint density at radius 3 is 1.92 bits per heavy atom. The van der Waals surface area contributed by atoms with Gasteiger partial charge in [0.15, 0.2) is 6.20 Å². The predicted molar refractivity (Wildman–Crippen MR) is 150 cm³/mol. The zero-order chi connectivity index (χ0) is 28.5. The number of hydrogen-bond donors (Lipinski definition) is 1. The number of hydrogen-bond acceptors (Lipinski definition) is 6. The Morgan fingerprint density at radius 1 is 0.846 bits per heavy atom. The van der Waals surface area contributed by atoms with Crippen molar-refractivity contribution in [2.24, 2.45) is 7.05 Å². The number of rotatable bonds is 4. The summed E-state index contributed by atoms with van der Waals surface area (Å²) in [4.78, 5) is 13.1. The fraction of sp³-hybridized carbons (Fsp3) is 0.207. The normalized spacial score (nSPS) is 11.3. The summed E-state index contributed by atoms with van der Waals surface area (Å²) in [5, 5.41) is 7.90. The lowest BCUT2D eigenvalue weighted by Gasteiger charge is -2.14. The smallest absolute Gasteiger partial charge is 0.374 e. The molecule has 0 aliphatic carbocycles. The van der Waals surface area contributed by atoms with Crippen LogP contribution in [0.4, 0.5) is 11.6 Å². The molecule has 39 heavy (non-hydrogen) atoms. The summed E-state index contributed by atoms with van der Waals surface area (Å²) >= 11 is 0. The number of imidazole rings is 1. The van der Waals surface area contributed by atoms with E-state index in [0.29, 0.717) is 22.7 Å². The fourth-order valence-electron chi connectivity index (χ4n) is 4.48. The van der Waals surface area contributed by atoms with E-state index in [-0.39, 0.29) is 10.5 Å². The minimum atomic E-state index is -4.33. The molecule has 0 bridgehead atoms. The second-order valence-electron chi connectivity index (χ2n) is 9.65. The maximum atomic E-state index is 13.2. The lowest BCUT2D eigenvalue weighted by molar-refractivity contribution is -0.645. The number of fused-ring (bicyclic) bond motifs is 1. The van der Waals surface area contributed by atoms with Crippen LogP contribution in [0, 0.1) is 34.6 Å². The number of aromatic nitrogens is 4. The number of aryl methyl sites for hydroxylation is 6. The molecule has 0 saturated carbocycles. The largest absolute Gasteiger partial charge is 0.744 e. The summed E-state index contributed by atoms with van der Waals surface area (Å²) in [6.45, 7) is 9.18. The van der Waals surface area contributed by atoms with E-state index >= 15 is 0 Å². The highest BCUT2D eigenvalue weighted by atomic mass is 32.2. The first-order valence-electron chi connectivity index (χ1n) is 12.3. The van der Waals surface area contributed by atoms with E-state index in [4.69, 9.17) is 0 Å². The molecule has 202 valence electrons. The highest BCUT2D eigenvalue weighted by Crippen LogP contribution is 2.21. The van der Waals surface area contributed by atoms with Gasteiger partial charge in [-0.3, -0.25) is 4.79 Å². The molecule has 9 nitrogen and oxygen atoms in total. The quantitative estimate of drug-likeness (QED) is 0.268. The van der Waals surface area contributed by atoms with E-state index in [9.17, 15) is 17.8 Å². The van der Waals surface area contributed by atoms with Crippen LogP contribution >= 0.6 is 0 Å². The second kappa shape index (κ2) is 10.8. The first-order chi connectivity index (χ1) is 18.3. The molecule has 2 heterocycles. The van der Waals surface area contributed by atoms with Gasteiger partial charge < -0.3 is 9.87 Å². The van der Waals surface area contributed by atoms with Crippen molar-refractivity contribution < 1.29 is 17.5 Å². The Morgan fingerprint density at radius 2 is 1.38 bits per heavy atom. The zero-order valence-electron chi connectivity index (χ0n) is 22.8. The number of anilines is 2. The summed E-state index contributed by atoms with van der Waals surface area (Å²) in [5.41, 5.74) is 6.32. The van der Waals surface area contributed by atoms with Crippen LogP contribution in [0.25, 0.3) is 11.3 Å². The maximum absolute atomic E-state index is 13.2. The molecular weight excluding hydrogens is 514 g/mol. The molecule has 3 aromatic carbocycles. The minimum Gasteiger partial charge on any atom is -0.744 e. The van der Waals surface area contributed by atoms with E-state index in [1.807, 2.05) is 82.5 Å². The molecule has 0 aliphatic heterocycles. The van der Waals surface area contributed by atoms with Gasteiger partial charge in [-0.2, -0.15) is 0 Å². The Balaban J connectivity index is 0.000000229. The lowest BCUT2D eigenvalue weighted by Crippen LogP contribution is -2.36. The average molecular weight is 546 g/mol. The summed E-state index contributed by atoms with van der Waals surface area (Å²) < 4.78 is 37.5. The monoisotopic (exact) mass is 545 g/mol. The molecule has 10 heteroatoms. The molecule has 0 radical (unpaired) electrons. The van der Waals surface area contributed by atoms with Gasteiger partial charge in [-0.25, -0.2) is 17.6 Å². The molecule has 1 N–H and O–H groups in total. The van der Waals surface area contributed by atoms with Crippen molar-refractivity contribution in [3.63, 3.8) is 0 Å². The molecule has 0 spiro atoms. The third-order valence-corrected chi connectivity index (χ3v) is 7.39. The minimum absolute atomic E-state index is 0.0851. The van der Waals surface area contributed by atoms with Gasteiger partial charge in [0.25, 0.3) is 5.95 Å². The third-order valence-electron chi connectivity index (χ3n) is 6.25. The Labute approximate surface area is 227 Å². The van der Waals surface area contributed by atoms with Crippen molar-refractivity contribution in [2.45, 2.75) is 39.5 Å². The van der Waals surface area contributed by atoms with Crippen molar-refractivity contribution in [1.29, 1.82) is 0 Å². The van der Waals surface area contributed by atoms with Crippen LogP contribution in [-0.2, 0) is 17.2 Å². The molecule has 0 fully saturated rings. The summed E-state index contributed by atoms with van der Waals surface area (Å²) in [5.74, 6) is 0.464. The van der Waals surface area contributed by atoms with Gasteiger partial charge in [0, 0.05) is 5.69 Å². The van der Waals surface area contributed by atoms with Crippen molar-refractivity contribution in [3.05, 3.63) is 111 Å². The van der Waals surface area contributed by atoms with Crippen LogP contribution in [0.1, 0.15) is 27.8 Å². The fourth-order valence-corrected chi connectivity index (χ4v) is 5.39. The molecule has 5 aromatic rings. The number of nitrogens with zero attached hydrogens (tertiary/aromatic N) is 4. The molecule has 0 atom stereocenters. The number of benzene rings is 3. The maximum Gasteiger partial charge on any atom is 0.374 e. The highest BCUT2D eigenvalue weighted by Gasteiger charge is 2.21. The Hall–Kier alpha value is -4.28. The molecule has 0 unspecified atom stereocenters. The summed E-state index contributed by atoms with van der Waals surface area (Å²) in [6, 6.07) is 19.2. The topological polar surface area (TPSA) is 112 Å². The van der Waals surface area contributed by atoms with Crippen LogP contribution < -0.4 is 15.4 Å². The molecule has 0 saturated heterocycles. The standard InChI is InChI=1S/C20H19N5O.C9H12O3S/c1-14-4-8-16(9-5-14)21-20-22-24-13-12-23(3)18(24)19(26)25(20)17-10-6-15(2)7-11-17;1-6-4-7(2)9(8(3)5-6)13(10,11)12/h4-13H,1-3H3;4-5H,1-3H3,(H,10,11,12). The van der Waals surface area contributed by atoms with Gasteiger partial charge >= 0.3 is 11.2 Å². The van der Waals surface area contributed by atoms with E-state index in [1.54, 1.807) is 45.8 Å². The van der Waals surface area contributed by atoms with Gasteiger partial charge in [0.05, 0.1) is 17.6 Å². The van der Waals surface area contributed by atoms with Gasteiger partial charge in [-0.15, -0.1) is 0 Å². The van der Waals surface area contributed by atoms with E-state index in [0.717, 1.165) is 22.5 Å². The third kappa shape index (κ3) is 6.08. The lowest BCUT2D eigenvalue weighted by atomic mass is 10.1. The molecular formula is C29H31N5O4S. The van der Waals surface area contributed by atoms with Gasteiger partial charge in [-0.1, -0.05) is 57.6 Å². The molecule has 2 aromatic heterocycles. The van der Waals surface area contributed by atoms with Crippen LogP contribution in [0.3, 0.4) is 0 Å². The highest BCUT2D eigenvalue weighted by molar-refractivity contribution is 7.85. The zero-order valence-corrected chi connectivity index (χ0v) is 23.6. The van der Waals surface area contributed by atoms with Crippen LogP contribution in [0.2, 0.25) is 0 Å². The van der Waals surface area contributed by atoms with Crippen molar-refractivity contribution in [1.82, 2.24) is 14.2 Å². The molecule has 5 rings (SSSR count). The van der Waals surface area contributed by atoms with E-state index < -0.39 is 10.1 Å². The average Bonchev–Trinajstić information content (AvgIpc) is 3.21. The van der Waals surface area contributed by atoms with Gasteiger partial charge in [-0.05, 0) is 75.1 Å². The Kier molecular flexibility index (Phi) is 7.71. The second-order valence-corrected chi connectivity index (χ2v) is 11.0. The van der Waals surface area contributed by atoms with Gasteiger partial charge in [0.1, 0.15) is 16.3 Å². The van der Waals surface area contributed by atoms with Crippen LogP contribution in [-0.4, -0.2) is 27.2 Å². The molecule has 0 amide bonds. The first kappa shape index (κ1) is 27.7. The first-order valence-corrected chi connectivity index (χ1v) is 13.7. The number of nitrogens with one attached hydrogen (secondary N) is 1. The van der Waals surface area contributed by atoms with Crippen molar-refractivity contribution in [3.8, 4) is 5.69 Å².